The van der Waals surface area contributed by atoms with Crippen molar-refractivity contribution >= 4 is 39.4 Å². The Balaban J connectivity index is 1.81. The van der Waals surface area contributed by atoms with Gasteiger partial charge in [0.2, 0.25) is 5.78 Å². The highest BCUT2D eigenvalue weighted by molar-refractivity contribution is 9.10. The molecule has 186 valence electrons. The number of halogens is 2. The molecule has 9 heteroatoms. The third-order valence-corrected chi connectivity index (χ3v) is 10.9. The lowest BCUT2D eigenvalue weighted by atomic mass is 9.45. The molecule has 1 N–H and O–H groups in total. The lowest BCUT2D eigenvalue weighted by Gasteiger charge is -2.64. The van der Waals surface area contributed by atoms with Gasteiger partial charge in [0, 0.05) is 24.7 Å². The zero-order valence-corrected chi connectivity index (χ0v) is 21.3. The lowest BCUT2D eigenvalue weighted by molar-refractivity contribution is -0.197. The summed E-state index contributed by atoms with van der Waals surface area (Å²) in [7, 11) is 0. The van der Waals surface area contributed by atoms with E-state index in [1.165, 1.54) is 26.0 Å². The molecule has 0 amide bonds. The second kappa shape index (κ2) is 8.08. The highest BCUT2D eigenvalue weighted by atomic mass is 79.9. The summed E-state index contributed by atoms with van der Waals surface area (Å²) >= 11 is 3.84. The maximum Gasteiger partial charge on any atom is 0.303 e. The first-order valence-electron chi connectivity index (χ1n) is 11.6. The second-order valence-corrected chi connectivity index (χ2v) is 11.8. The minimum Gasteiger partial charge on any atom is -0.458 e. The number of allylic oxidation sites excluding steroid dienone is 4. The van der Waals surface area contributed by atoms with Gasteiger partial charge in [-0.05, 0) is 55.2 Å². The van der Waals surface area contributed by atoms with Gasteiger partial charge in [-0.15, -0.1) is 0 Å². The van der Waals surface area contributed by atoms with E-state index in [1.807, 2.05) is 6.92 Å². The largest absolute Gasteiger partial charge is 0.458 e. The smallest absolute Gasteiger partial charge is 0.303 e. The van der Waals surface area contributed by atoms with Crippen LogP contribution < -0.4 is 0 Å². The van der Waals surface area contributed by atoms with Crippen LogP contribution in [0.15, 0.2) is 23.8 Å². The van der Waals surface area contributed by atoms with Crippen molar-refractivity contribution in [1.82, 2.24) is 0 Å². The second-order valence-electron chi connectivity index (χ2n) is 10.5. The zero-order valence-electron chi connectivity index (χ0n) is 19.7. The molecule has 3 fully saturated rings. The SMILES string of the molecule is CC(=O)OCC(=O)[C@@]1(OC(C)=O)CC[C@H]2[C@@H]3C[C@@H](F)C4=CC(=O)C=C[C@]4(C)[C@@]3(Br)[C@@H](O)C[C@@]21C. The van der Waals surface area contributed by atoms with Crippen LogP contribution in [0.1, 0.15) is 53.4 Å². The molecule has 0 radical (unpaired) electrons. The summed E-state index contributed by atoms with van der Waals surface area (Å²) in [5, 5.41) is 11.6. The van der Waals surface area contributed by atoms with Crippen LogP contribution in [0.4, 0.5) is 4.39 Å². The Morgan fingerprint density at radius 2 is 1.88 bits per heavy atom. The summed E-state index contributed by atoms with van der Waals surface area (Å²) in [6.07, 6.45) is 2.75. The first-order chi connectivity index (χ1) is 15.7. The van der Waals surface area contributed by atoms with E-state index in [1.54, 1.807) is 13.0 Å². The first-order valence-corrected chi connectivity index (χ1v) is 12.3. The van der Waals surface area contributed by atoms with E-state index in [-0.39, 0.29) is 31.0 Å². The normalized spacial score (nSPS) is 44.9. The van der Waals surface area contributed by atoms with E-state index in [0.717, 1.165) is 0 Å². The number of aliphatic hydroxyl groups excluding tert-OH is 1. The number of carbonyl (C=O) groups excluding carboxylic acids is 4. The Hall–Kier alpha value is -1.87. The summed E-state index contributed by atoms with van der Waals surface area (Å²) in [5.41, 5.74) is -3.23. The molecule has 0 spiro atoms. The van der Waals surface area contributed by atoms with Gasteiger partial charge in [0.1, 0.15) is 6.17 Å². The molecule has 0 saturated heterocycles. The van der Waals surface area contributed by atoms with Crippen LogP contribution in [-0.2, 0) is 28.7 Å². The highest BCUT2D eigenvalue weighted by Crippen LogP contribution is 2.71. The number of alkyl halides is 2. The van der Waals surface area contributed by atoms with E-state index >= 15 is 4.39 Å². The van der Waals surface area contributed by atoms with Crippen LogP contribution in [0.3, 0.4) is 0 Å². The van der Waals surface area contributed by atoms with E-state index < -0.39 is 63.3 Å². The number of ketones is 2. The standard InChI is InChI=1S/C25H30BrFO7/c1-13(28)33-12-21(32)24(34-14(2)29)8-6-16-17-10-19(27)18-9-15(30)5-7-22(18,3)25(17,26)20(31)11-23(16,24)4/h5,7,9,16-17,19-20,31H,6,8,10-12H2,1-4H3/t16-,17-,19+,20-,22-,23-,24-,25-/m0/s1. The molecule has 4 aliphatic carbocycles. The maximum atomic E-state index is 15.6. The van der Waals surface area contributed by atoms with Crippen molar-refractivity contribution in [2.45, 2.75) is 75.6 Å². The van der Waals surface area contributed by atoms with Crippen molar-refractivity contribution in [3.8, 4) is 0 Å². The predicted octanol–water partition coefficient (Wildman–Crippen LogP) is 3.16. The van der Waals surface area contributed by atoms with Gasteiger partial charge in [-0.25, -0.2) is 4.39 Å². The summed E-state index contributed by atoms with van der Waals surface area (Å²) in [4.78, 5) is 49.0. The van der Waals surface area contributed by atoms with Crippen molar-refractivity contribution in [1.29, 1.82) is 0 Å². The van der Waals surface area contributed by atoms with Crippen LogP contribution in [0, 0.1) is 22.7 Å². The number of esters is 2. The fourth-order valence-electron chi connectivity index (χ4n) is 7.40. The van der Waals surface area contributed by atoms with Gasteiger partial charge in [0.25, 0.3) is 0 Å². The molecule has 8 atom stereocenters. The minimum atomic E-state index is -1.60. The Labute approximate surface area is 206 Å². The van der Waals surface area contributed by atoms with E-state index in [2.05, 4.69) is 15.9 Å². The third-order valence-electron chi connectivity index (χ3n) is 8.92. The summed E-state index contributed by atoms with van der Waals surface area (Å²) < 4.78 is 25.3. The van der Waals surface area contributed by atoms with Crippen LogP contribution in [-0.4, -0.2) is 57.4 Å². The van der Waals surface area contributed by atoms with Gasteiger partial charge < -0.3 is 14.6 Å². The Morgan fingerprint density at radius 3 is 2.50 bits per heavy atom. The van der Waals surface area contributed by atoms with E-state index in [4.69, 9.17) is 9.47 Å². The topological polar surface area (TPSA) is 107 Å². The number of carbonyl (C=O) groups is 4. The molecule has 7 nitrogen and oxygen atoms in total. The Bertz CT molecular complexity index is 1020. The number of fused-ring (bicyclic) bond motifs is 5. The summed E-state index contributed by atoms with van der Waals surface area (Å²) in [6.45, 7) is 5.47. The number of aliphatic hydroxyl groups is 1. The maximum absolute atomic E-state index is 15.6. The molecule has 0 aromatic carbocycles. The first kappa shape index (κ1) is 25.2. The Morgan fingerprint density at radius 1 is 1.21 bits per heavy atom. The number of rotatable bonds is 4. The molecule has 3 saturated carbocycles. The van der Waals surface area contributed by atoms with Gasteiger partial charge >= 0.3 is 11.9 Å². The third kappa shape index (κ3) is 3.22. The fourth-order valence-corrected chi connectivity index (χ4v) is 8.43. The van der Waals surface area contributed by atoms with Crippen LogP contribution >= 0.6 is 15.9 Å². The van der Waals surface area contributed by atoms with Gasteiger partial charge in [-0.1, -0.05) is 35.9 Å². The molecule has 4 rings (SSSR count). The van der Waals surface area contributed by atoms with Crippen LogP contribution in [0.2, 0.25) is 0 Å². The molecule has 34 heavy (non-hydrogen) atoms. The molecule has 0 unspecified atom stereocenters. The monoisotopic (exact) mass is 540 g/mol. The molecule has 4 aliphatic rings. The Kier molecular flexibility index (Phi) is 6.00. The molecular weight excluding hydrogens is 511 g/mol. The van der Waals surface area contributed by atoms with E-state index in [9.17, 15) is 24.3 Å². The van der Waals surface area contributed by atoms with Crippen LogP contribution in [0.25, 0.3) is 0 Å². The van der Waals surface area contributed by atoms with E-state index in [0.29, 0.717) is 12.0 Å². The van der Waals surface area contributed by atoms with Crippen LogP contribution in [0.5, 0.6) is 0 Å². The average Bonchev–Trinajstić information content (AvgIpc) is 3.02. The molecule has 0 aromatic heterocycles. The predicted molar refractivity (Wildman–Crippen MR) is 123 cm³/mol. The molecule has 0 aliphatic heterocycles. The average molecular weight is 541 g/mol. The van der Waals surface area contributed by atoms with Gasteiger partial charge in [-0.3, -0.25) is 19.2 Å². The molecule has 0 bridgehead atoms. The summed E-state index contributed by atoms with van der Waals surface area (Å²) in [6, 6.07) is 0. The summed E-state index contributed by atoms with van der Waals surface area (Å²) in [5.74, 6) is -2.81. The van der Waals surface area contributed by atoms with Crippen molar-refractivity contribution in [2.75, 3.05) is 6.61 Å². The quantitative estimate of drug-likeness (QED) is 0.431. The number of hydrogen-bond donors (Lipinski definition) is 1. The van der Waals surface area contributed by atoms with Crippen molar-refractivity contribution in [3.63, 3.8) is 0 Å². The van der Waals surface area contributed by atoms with Gasteiger partial charge in [0.05, 0.1) is 10.4 Å². The van der Waals surface area contributed by atoms with Crippen molar-refractivity contribution in [2.24, 2.45) is 22.7 Å². The number of hydrogen-bond acceptors (Lipinski definition) is 7. The molecule has 0 heterocycles. The zero-order chi connectivity index (χ0) is 25.3. The van der Waals surface area contributed by atoms with Gasteiger partial charge in [-0.2, -0.15) is 0 Å². The van der Waals surface area contributed by atoms with Crippen molar-refractivity contribution < 1.29 is 38.1 Å². The number of ether oxygens (including phenoxy) is 2. The fraction of sp³-hybridized carbons (Fsp3) is 0.680. The number of Topliss-reactive ketones (excluding diaryl/α,β-unsaturated/α-hetero) is 1. The van der Waals surface area contributed by atoms with Gasteiger partial charge in [0.15, 0.2) is 18.0 Å². The molecule has 0 aromatic rings. The minimum absolute atomic E-state index is 0.0550. The van der Waals surface area contributed by atoms with Crippen molar-refractivity contribution in [3.05, 3.63) is 23.8 Å². The molecular formula is C25H30BrFO7. The highest BCUT2D eigenvalue weighted by Gasteiger charge is 2.75. The lowest BCUT2D eigenvalue weighted by Crippen LogP contribution is -2.70.